The standard InChI is InChI=1S/C18H24N2O/c1-14(2)21-16-11-8-12-19-17(16)20-13-18(3,4)15-9-6-5-7-10-15/h5-12,14H,13H2,1-4H3,(H,19,20). The molecule has 3 heteroatoms. The average Bonchev–Trinajstić information content (AvgIpc) is 2.47. The second-order valence-corrected chi connectivity index (χ2v) is 6.12. The molecule has 0 atom stereocenters. The Balaban J connectivity index is 2.09. The number of hydrogen-bond donors (Lipinski definition) is 1. The molecule has 2 rings (SSSR count). The van der Waals surface area contributed by atoms with E-state index in [0.29, 0.717) is 0 Å². The molecule has 1 N–H and O–H groups in total. The van der Waals surface area contributed by atoms with Crippen LogP contribution in [0.3, 0.4) is 0 Å². The molecule has 0 spiro atoms. The second kappa shape index (κ2) is 6.61. The summed E-state index contributed by atoms with van der Waals surface area (Å²) in [7, 11) is 0. The first-order chi connectivity index (χ1) is 9.99. The summed E-state index contributed by atoms with van der Waals surface area (Å²) in [5, 5.41) is 3.42. The van der Waals surface area contributed by atoms with Crippen LogP contribution in [-0.4, -0.2) is 17.6 Å². The lowest BCUT2D eigenvalue weighted by Crippen LogP contribution is -2.28. The first-order valence-electron chi connectivity index (χ1n) is 7.40. The maximum atomic E-state index is 5.79. The van der Waals surface area contributed by atoms with Crippen LogP contribution in [0.25, 0.3) is 0 Å². The third-order valence-electron chi connectivity index (χ3n) is 3.39. The Labute approximate surface area is 127 Å². The molecule has 21 heavy (non-hydrogen) atoms. The molecular formula is C18H24N2O. The Hall–Kier alpha value is -2.03. The van der Waals surface area contributed by atoms with Gasteiger partial charge in [-0.3, -0.25) is 0 Å². The molecule has 0 aliphatic heterocycles. The largest absolute Gasteiger partial charge is 0.487 e. The summed E-state index contributed by atoms with van der Waals surface area (Å²) in [6.07, 6.45) is 1.92. The summed E-state index contributed by atoms with van der Waals surface area (Å²) in [6.45, 7) is 9.28. The first-order valence-corrected chi connectivity index (χ1v) is 7.40. The maximum absolute atomic E-state index is 5.79. The molecule has 0 bridgehead atoms. The van der Waals surface area contributed by atoms with E-state index in [9.17, 15) is 0 Å². The fourth-order valence-electron chi connectivity index (χ4n) is 2.17. The fourth-order valence-corrected chi connectivity index (χ4v) is 2.17. The zero-order valence-electron chi connectivity index (χ0n) is 13.3. The van der Waals surface area contributed by atoms with E-state index >= 15 is 0 Å². The predicted molar refractivity (Wildman–Crippen MR) is 88.0 cm³/mol. The number of benzene rings is 1. The van der Waals surface area contributed by atoms with Crippen molar-refractivity contribution in [3.05, 3.63) is 54.2 Å². The molecule has 0 unspecified atom stereocenters. The maximum Gasteiger partial charge on any atom is 0.168 e. The molecule has 1 aromatic carbocycles. The highest BCUT2D eigenvalue weighted by Gasteiger charge is 2.21. The molecule has 2 aromatic rings. The molecule has 0 aliphatic rings. The monoisotopic (exact) mass is 284 g/mol. The van der Waals surface area contributed by atoms with Crippen molar-refractivity contribution < 1.29 is 4.74 Å². The average molecular weight is 284 g/mol. The van der Waals surface area contributed by atoms with Gasteiger partial charge in [-0.25, -0.2) is 4.98 Å². The van der Waals surface area contributed by atoms with Gasteiger partial charge in [0.1, 0.15) is 0 Å². The Bertz CT molecular complexity index is 564. The van der Waals surface area contributed by atoms with E-state index in [4.69, 9.17) is 4.74 Å². The van der Waals surface area contributed by atoms with E-state index < -0.39 is 0 Å². The number of aromatic nitrogens is 1. The number of pyridine rings is 1. The van der Waals surface area contributed by atoms with Gasteiger partial charge in [-0.2, -0.15) is 0 Å². The van der Waals surface area contributed by atoms with Gasteiger partial charge in [-0.1, -0.05) is 44.2 Å². The third-order valence-corrected chi connectivity index (χ3v) is 3.39. The number of rotatable bonds is 6. The van der Waals surface area contributed by atoms with E-state index in [-0.39, 0.29) is 11.5 Å². The number of nitrogens with one attached hydrogen (secondary N) is 1. The van der Waals surface area contributed by atoms with Crippen LogP contribution >= 0.6 is 0 Å². The summed E-state index contributed by atoms with van der Waals surface area (Å²) < 4.78 is 5.79. The van der Waals surface area contributed by atoms with Crippen LogP contribution in [0.4, 0.5) is 5.82 Å². The lowest BCUT2D eigenvalue weighted by molar-refractivity contribution is 0.243. The molecule has 1 aromatic heterocycles. The van der Waals surface area contributed by atoms with Crippen molar-refractivity contribution in [2.45, 2.75) is 39.2 Å². The topological polar surface area (TPSA) is 34.1 Å². The molecule has 0 radical (unpaired) electrons. The van der Waals surface area contributed by atoms with Crippen molar-refractivity contribution in [3.8, 4) is 5.75 Å². The van der Waals surface area contributed by atoms with Crippen molar-refractivity contribution in [2.75, 3.05) is 11.9 Å². The van der Waals surface area contributed by atoms with Crippen LogP contribution in [0.1, 0.15) is 33.3 Å². The zero-order valence-corrected chi connectivity index (χ0v) is 13.3. The van der Waals surface area contributed by atoms with Crippen molar-refractivity contribution in [1.82, 2.24) is 4.98 Å². The lowest BCUT2D eigenvalue weighted by atomic mass is 9.84. The van der Waals surface area contributed by atoms with Crippen molar-refractivity contribution >= 4 is 5.82 Å². The van der Waals surface area contributed by atoms with E-state index in [1.807, 2.05) is 32.0 Å². The lowest BCUT2D eigenvalue weighted by Gasteiger charge is -2.26. The summed E-state index contributed by atoms with van der Waals surface area (Å²) >= 11 is 0. The van der Waals surface area contributed by atoms with Gasteiger partial charge in [0.2, 0.25) is 0 Å². The Morgan fingerprint density at radius 1 is 1.10 bits per heavy atom. The van der Waals surface area contributed by atoms with Crippen molar-refractivity contribution in [1.29, 1.82) is 0 Å². The minimum atomic E-state index is 0.0217. The van der Waals surface area contributed by atoms with Gasteiger partial charge in [-0.15, -0.1) is 0 Å². The number of ether oxygens (including phenoxy) is 1. The Kier molecular flexibility index (Phi) is 4.84. The summed E-state index contributed by atoms with van der Waals surface area (Å²) in [6, 6.07) is 14.4. The molecule has 3 nitrogen and oxygen atoms in total. The smallest absolute Gasteiger partial charge is 0.168 e. The van der Waals surface area contributed by atoms with Gasteiger partial charge in [0.05, 0.1) is 6.10 Å². The van der Waals surface area contributed by atoms with E-state index in [1.165, 1.54) is 5.56 Å². The highest BCUT2D eigenvalue weighted by molar-refractivity contribution is 5.50. The molecule has 0 saturated heterocycles. The van der Waals surface area contributed by atoms with Gasteiger partial charge in [0.15, 0.2) is 11.6 Å². The van der Waals surface area contributed by atoms with Crippen LogP contribution in [0, 0.1) is 0 Å². The second-order valence-electron chi connectivity index (χ2n) is 6.12. The summed E-state index contributed by atoms with van der Waals surface area (Å²) in [5.41, 5.74) is 1.33. The predicted octanol–water partition coefficient (Wildman–Crippen LogP) is 4.26. The normalized spacial score (nSPS) is 11.5. The van der Waals surface area contributed by atoms with Gasteiger partial charge < -0.3 is 10.1 Å². The number of anilines is 1. The Morgan fingerprint density at radius 2 is 1.81 bits per heavy atom. The van der Waals surface area contributed by atoms with Crippen LogP contribution < -0.4 is 10.1 Å². The fraction of sp³-hybridized carbons (Fsp3) is 0.389. The van der Waals surface area contributed by atoms with Crippen LogP contribution in [0.15, 0.2) is 48.7 Å². The first kappa shape index (κ1) is 15.4. The minimum Gasteiger partial charge on any atom is -0.487 e. The quantitative estimate of drug-likeness (QED) is 0.860. The Morgan fingerprint density at radius 3 is 2.48 bits per heavy atom. The SMILES string of the molecule is CC(C)Oc1cccnc1NCC(C)(C)c1ccccc1. The molecule has 0 aliphatic carbocycles. The van der Waals surface area contributed by atoms with E-state index in [1.54, 1.807) is 6.20 Å². The number of nitrogens with zero attached hydrogens (tertiary/aromatic N) is 1. The molecule has 0 amide bonds. The van der Waals surface area contributed by atoms with Gasteiger partial charge in [0, 0.05) is 18.2 Å². The zero-order chi connectivity index (χ0) is 15.3. The number of hydrogen-bond acceptors (Lipinski definition) is 3. The molecule has 0 saturated carbocycles. The van der Waals surface area contributed by atoms with Crippen LogP contribution in [-0.2, 0) is 5.41 Å². The molecule has 0 fully saturated rings. The van der Waals surface area contributed by atoms with Crippen molar-refractivity contribution in [3.63, 3.8) is 0 Å². The highest BCUT2D eigenvalue weighted by atomic mass is 16.5. The van der Waals surface area contributed by atoms with Gasteiger partial charge >= 0.3 is 0 Å². The van der Waals surface area contributed by atoms with Gasteiger partial charge in [-0.05, 0) is 31.5 Å². The summed E-state index contributed by atoms with van der Waals surface area (Å²) in [5.74, 6) is 1.60. The molecule has 1 heterocycles. The van der Waals surface area contributed by atoms with Crippen LogP contribution in [0.2, 0.25) is 0 Å². The van der Waals surface area contributed by atoms with E-state index in [0.717, 1.165) is 18.1 Å². The van der Waals surface area contributed by atoms with Crippen LogP contribution in [0.5, 0.6) is 5.75 Å². The molecular weight excluding hydrogens is 260 g/mol. The van der Waals surface area contributed by atoms with E-state index in [2.05, 4.69) is 48.4 Å². The van der Waals surface area contributed by atoms with Gasteiger partial charge in [0.25, 0.3) is 0 Å². The third kappa shape index (κ3) is 4.22. The molecule has 112 valence electrons. The highest BCUT2D eigenvalue weighted by Crippen LogP contribution is 2.26. The minimum absolute atomic E-state index is 0.0217. The van der Waals surface area contributed by atoms with Crippen molar-refractivity contribution in [2.24, 2.45) is 0 Å². The summed E-state index contributed by atoms with van der Waals surface area (Å²) in [4.78, 5) is 4.39.